The Balaban J connectivity index is 1.68. The molecule has 4 aromatic rings. The number of para-hydroxylation sites is 1. The molecule has 1 unspecified atom stereocenters. The van der Waals surface area contributed by atoms with Gasteiger partial charge < -0.3 is 9.47 Å². The molecule has 0 saturated heterocycles. The van der Waals surface area contributed by atoms with Crippen LogP contribution in [-0.4, -0.2) is 27.4 Å². The molecule has 0 aliphatic heterocycles. The van der Waals surface area contributed by atoms with Crippen LogP contribution in [0.5, 0.6) is 0 Å². The van der Waals surface area contributed by atoms with E-state index in [2.05, 4.69) is 27.8 Å². The number of aromatic nitrogens is 2. The van der Waals surface area contributed by atoms with Crippen LogP contribution >= 0.6 is 0 Å². The second-order valence-corrected chi connectivity index (χ2v) is 7.00. The van der Waals surface area contributed by atoms with Gasteiger partial charge in [-0.1, -0.05) is 54.6 Å². The highest BCUT2D eigenvalue weighted by Gasteiger charge is 2.25. The molecule has 0 radical (unpaired) electrons. The lowest BCUT2D eigenvalue weighted by Gasteiger charge is -2.29. The minimum Gasteiger partial charge on any atom is -0.335 e. The third kappa shape index (κ3) is 3.41. The number of benzene rings is 2. The maximum absolute atomic E-state index is 13.3. The van der Waals surface area contributed by atoms with E-state index < -0.39 is 0 Å². The Kier molecular flexibility index (Phi) is 4.94. The van der Waals surface area contributed by atoms with Gasteiger partial charge in [-0.3, -0.25) is 9.78 Å². The summed E-state index contributed by atoms with van der Waals surface area (Å²) in [5.74, 6) is 0.0453. The second-order valence-electron chi connectivity index (χ2n) is 7.00. The molecule has 0 N–H and O–H groups in total. The van der Waals surface area contributed by atoms with Crippen LogP contribution in [0.15, 0.2) is 85.1 Å². The third-order valence-corrected chi connectivity index (χ3v) is 5.17. The highest BCUT2D eigenvalue weighted by Crippen LogP contribution is 2.27. The van der Waals surface area contributed by atoms with E-state index in [1.54, 1.807) is 11.1 Å². The van der Waals surface area contributed by atoms with Gasteiger partial charge >= 0.3 is 0 Å². The highest BCUT2D eigenvalue weighted by atomic mass is 16.2. The molecule has 0 bridgehead atoms. The van der Waals surface area contributed by atoms with Gasteiger partial charge in [0.1, 0.15) is 6.54 Å². The van der Waals surface area contributed by atoms with Crippen LogP contribution in [0.2, 0.25) is 0 Å². The predicted octanol–water partition coefficient (Wildman–Crippen LogP) is 4.59. The quantitative estimate of drug-likeness (QED) is 0.516. The van der Waals surface area contributed by atoms with Gasteiger partial charge in [0.2, 0.25) is 5.91 Å². The largest absolute Gasteiger partial charge is 0.335 e. The van der Waals surface area contributed by atoms with Crippen molar-refractivity contribution in [3.05, 3.63) is 102 Å². The van der Waals surface area contributed by atoms with Crippen LogP contribution in [0.4, 0.5) is 0 Å². The zero-order chi connectivity index (χ0) is 19.5. The fourth-order valence-corrected chi connectivity index (χ4v) is 3.71. The van der Waals surface area contributed by atoms with Crippen LogP contribution in [0, 0.1) is 6.92 Å². The standard InChI is InChI=1S/C24H23N3O/c1-18-16-20-12-6-7-14-22(20)27(18)17-23(28)26(2)24(19-10-4-3-5-11-19)21-13-8-9-15-25-21/h3-16,24H,17H2,1-2H3. The molecule has 2 aromatic heterocycles. The summed E-state index contributed by atoms with van der Waals surface area (Å²) < 4.78 is 2.08. The van der Waals surface area contributed by atoms with Crippen molar-refractivity contribution < 1.29 is 4.79 Å². The Morgan fingerprint density at radius 3 is 2.46 bits per heavy atom. The van der Waals surface area contributed by atoms with Crippen molar-refractivity contribution in [3.8, 4) is 0 Å². The molecule has 1 amide bonds. The van der Waals surface area contributed by atoms with Crippen molar-refractivity contribution >= 4 is 16.8 Å². The number of amides is 1. The maximum atomic E-state index is 13.3. The zero-order valence-corrected chi connectivity index (χ0v) is 16.1. The van der Waals surface area contributed by atoms with Gasteiger partial charge in [-0.2, -0.15) is 0 Å². The molecule has 4 heteroatoms. The summed E-state index contributed by atoms with van der Waals surface area (Å²) in [6, 6.07) is 25.9. The van der Waals surface area contributed by atoms with E-state index in [9.17, 15) is 4.79 Å². The van der Waals surface area contributed by atoms with Gasteiger partial charge in [0.25, 0.3) is 0 Å². The van der Waals surface area contributed by atoms with E-state index in [1.807, 2.05) is 74.6 Å². The van der Waals surface area contributed by atoms with Crippen LogP contribution in [-0.2, 0) is 11.3 Å². The number of pyridine rings is 1. The first-order chi connectivity index (χ1) is 13.6. The number of aryl methyl sites for hydroxylation is 1. The number of rotatable bonds is 5. The fraction of sp³-hybridized carbons (Fsp3) is 0.167. The molecular weight excluding hydrogens is 346 g/mol. The van der Waals surface area contributed by atoms with E-state index in [4.69, 9.17) is 0 Å². The second kappa shape index (κ2) is 7.69. The summed E-state index contributed by atoms with van der Waals surface area (Å²) >= 11 is 0. The number of hydrogen-bond acceptors (Lipinski definition) is 2. The van der Waals surface area contributed by atoms with Crippen molar-refractivity contribution in [2.24, 2.45) is 0 Å². The summed E-state index contributed by atoms with van der Waals surface area (Å²) in [6.07, 6.45) is 1.77. The SMILES string of the molecule is Cc1cc2ccccc2n1CC(=O)N(C)C(c1ccccc1)c1ccccn1. The minimum absolute atomic E-state index is 0.0453. The Morgan fingerprint density at radius 2 is 1.71 bits per heavy atom. The topological polar surface area (TPSA) is 38.1 Å². The molecule has 2 heterocycles. The summed E-state index contributed by atoms with van der Waals surface area (Å²) in [7, 11) is 1.86. The average molecular weight is 369 g/mol. The number of carbonyl (C=O) groups is 1. The molecule has 28 heavy (non-hydrogen) atoms. The number of likely N-dealkylation sites (N-methyl/N-ethyl adjacent to an activating group) is 1. The predicted molar refractivity (Wildman–Crippen MR) is 112 cm³/mol. The Hall–Kier alpha value is -3.40. The lowest BCUT2D eigenvalue weighted by atomic mass is 10.0. The van der Waals surface area contributed by atoms with Crippen LogP contribution in [0.1, 0.15) is 23.0 Å². The van der Waals surface area contributed by atoms with Crippen molar-refractivity contribution in [2.75, 3.05) is 7.05 Å². The van der Waals surface area contributed by atoms with E-state index in [1.165, 1.54) is 0 Å². The first-order valence-corrected chi connectivity index (χ1v) is 9.41. The first kappa shape index (κ1) is 18.0. The highest BCUT2D eigenvalue weighted by molar-refractivity contribution is 5.84. The van der Waals surface area contributed by atoms with Gasteiger partial charge in [-0.25, -0.2) is 0 Å². The molecule has 4 nitrogen and oxygen atoms in total. The molecule has 0 saturated carbocycles. The van der Waals surface area contributed by atoms with Gasteiger partial charge in [0, 0.05) is 24.5 Å². The Morgan fingerprint density at radius 1 is 1.00 bits per heavy atom. The minimum atomic E-state index is -0.225. The van der Waals surface area contributed by atoms with Gasteiger partial charge in [-0.05, 0) is 42.1 Å². The monoisotopic (exact) mass is 369 g/mol. The summed E-state index contributed by atoms with van der Waals surface area (Å²) in [6.45, 7) is 2.34. The van der Waals surface area contributed by atoms with E-state index in [0.29, 0.717) is 6.54 Å². The lowest BCUT2D eigenvalue weighted by molar-refractivity contribution is -0.132. The molecule has 0 spiro atoms. The first-order valence-electron chi connectivity index (χ1n) is 9.41. The number of hydrogen-bond donors (Lipinski definition) is 0. The number of carbonyl (C=O) groups excluding carboxylic acids is 1. The normalized spacial score (nSPS) is 12.1. The molecule has 0 fully saturated rings. The number of nitrogens with zero attached hydrogens (tertiary/aromatic N) is 3. The molecule has 140 valence electrons. The average Bonchev–Trinajstić information content (AvgIpc) is 3.05. The molecule has 0 aliphatic rings. The van der Waals surface area contributed by atoms with E-state index >= 15 is 0 Å². The van der Waals surface area contributed by atoms with Gasteiger partial charge in [0.15, 0.2) is 0 Å². The van der Waals surface area contributed by atoms with E-state index in [0.717, 1.165) is 27.9 Å². The Labute approximate surface area is 165 Å². The smallest absolute Gasteiger partial charge is 0.243 e. The van der Waals surface area contributed by atoms with Crippen molar-refractivity contribution in [1.29, 1.82) is 0 Å². The van der Waals surface area contributed by atoms with Gasteiger partial charge in [-0.15, -0.1) is 0 Å². The molecule has 2 aromatic carbocycles. The van der Waals surface area contributed by atoms with Crippen LogP contribution in [0.25, 0.3) is 10.9 Å². The van der Waals surface area contributed by atoms with Crippen LogP contribution in [0.3, 0.4) is 0 Å². The summed E-state index contributed by atoms with van der Waals surface area (Å²) in [4.78, 5) is 19.6. The third-order valence-electron chi connectivity index (χ3n) is 5.17. The van der Waals surface area contributed by atoms with Crippen molar-refractivity contribution in [3.63, 3.8) is 0 Å². The molecular formula is C24H23N3O. The molecule has 1 atom stereocenters. The summed E-state index contributed by atoms with van der Waals surface area (Å²) in [5, 5.41) is 1.15. The van der Waals surface area contributed by atoms with Crippen molar-refractivity contribution in [2.45, 2.75) is 19.5 Å². The summed E-state index contributed by atoms with van der Waals surface area (Å²) in [5.41, 5.74) is 4.07. The maximum Gasteiger partial charge on any atom is 0.243 e. The van der Waals surface area contributed by atoms with E-state index in [-0.39, 0.29) is 11.9 Å². The number of fused-ring (bicyclic) bond motifs is 1. The zero-order valence-electron chi connectivity index (χ0n) is 16.1. The molecule has 4 rings (SSSR count). The fourth-order valence-electron chi connectivity index (χ4n) is 3.71. The lowest BCUT2D eigenvalue weighted by Crippen LogP contribution is -2.35. The van der Waals surface area contributed by atoms with Crippen molar-refractivity contribution in [1.82, 2.24) is 14.5 Å². The molecule has 0 aliphatic carbocycles. The van der Waals surface area contributed by atoms with Gasteiger partial charge in [0.05, 0.1) is 11.7 Å². The Bertz CT molecular complexity index is 1050. The van der Waals surface area contributed by atoms with Crippen LogP contribution < -0.4 is 0 Å².